The van der Waals surface area contributed by atoms with E-state index in [0.29, 0.717) is 10.8 Å². The van der Waals surface area contributed by atoms with E-state index in [0.717, 1.165) is 0 Å². The van der Waals surface area contributed by atoms with Crippen molar-refractivity contribution in [1.29, 1.82) is 0 Å². The second kappa shape index (κ2) is 5.19. The third-order valence-electron chi connectivity index (χ3n) is 1.92. The Bertz CT molecular complexity index is 554. The lowest BCUT2D eigenvalue weighted by atomic mass is 10.3. The van der Waals surface area contributed by atoms with Gasteiger partial charge >= 0.3 is 6.03 Å². The maximum absolute atomic E-state index is 11.5. The van der Waals surface area contributed by atoms with Crippen molar-refractivity contribution < 1.29 is 9.72 Å². The predicted octanol–water partition coefficient (Wildman–Crippen LogP) is 2.09. The van der Waals surface area contributed by atoms with Gasteiger partial charge in [-0.1, -0.05) is 11.3 Å². The number of rotatable bonds is 3. The topological polar surface area (TPSA) is 110 Å². The van der Waals surface area contributed by atoms with Crippen LogP contribution in [0.1, 0.15) is 0 Å². The normalized spacial score (nSPS) is 9.78. The minimum atomic E-state index is -0.509. The molecule has 1 aromatic carbocycles. The summed E-state index contributed by atoms with van der Waals surface area (Å²) < 4.78 is 0. The minimum Gasteiger partial charge on any atom is -0.308 e. The smallest absolute Gasteiger partial charge is 0.308 e. The van der Waals surface area contributed by atoms with Crippen molar-refractivity contribution >= 4 is 33.9 Å². The first kappa shape index (κ1) is 11.9. The summed E-state index contributed by atoms with van der Waals surface area (Å²) in [5, 5.41) is 23.0. The number of nitro groups is 1. The van der Waals surface area contributed by atoms with Crippen LogP contribution < -0.4 is 10.6 Å². The van der Waals surface area contributed by atoms with Crippen LogP contribution in [0.3, 0.4) is 0 Å². The Labute approximate surface area is 105 Å². The molecule has 0 atom stereocenters. The lowest BCUT2D eigenvalue weighted by Crippen LogP contribution is -2.19. The van der Waals surface area contributed by atoms with Crippen molar-refractivity contribution in [3.8, 4) is 0 Å². The standard InChI is InChI=1S/C9H7N5O3S/c15-8(12-9-13-10-5-18-9)11-6-1-3-7(4-2-6)14(16)17/h1-5H,(H2,11,12,13,15). The van der Waals surface area contributed by atoms with Gasteiger partial charge in [-0.3, -0.25) is 15.4 Å². The highest BCUT2D eigenvalue weighted by molar-refractivity contribution is 7.13. The van der Waals surface area contributed by atoms with Crippen LogP contribution in [0, 0.1) is 10.1 Å². The molecule has 1 aromatic heterocycles. The van der Waals surface area contributed by atoms with E-state index < -0.39 is 11.0 Å². The number of nitrogens with one attached hydrogen (secondary N) is 2. The van der Waals surface area contributed by atoms with Gasteiger partial charge in [0.15, 0.2) is 0 Å². The van der Waals surface area contributed by atoms with Crippen molar-refractivity contribution in [2.75, 3.05) is 10.6 Å². The van der Waals surface area contributed by atoms with Gasteiger partial charge in [-0.25, -0.2) is 4.79 Å². The maximum atomic E-state index is 11.5. The molecule has 2 aromatic rings. The first-order chi connectivity index (χ1) is 8.65. The Kier molecular flexibility index (Phi) is 3.44. The first-order valence-corrected chi connectivity index (χ1v) is 5.62. The Morgan fingerprint density at radius 2 is 2.00 bits per heavy atom. The van der Waals surface area contributed by atoms with E-state index in [4.69, 9.17) is 0 Å². The minimum absolute atomic E-state index is 0.0370. The number of non-ortho nitro benzene ring substituents is 1. The zero-order valence-corrected chi connectivity index (χ0v) is 9.68. The van der Waals surface area contributed by atoms with E-state index >= 15 is 0 Å². The van der Waals surface area contributed by atoms with Crippen LogP contribution in [-0.4, -0.2) is 21.2 Å². The van der Waals surface area contributed by atoms with E-state index in [1.54, 1.807) is 0 Å². The van der Waals surface area contributed by atoms with E-state index in [-0.39, 0.29) is 5.69 Å². The van der Waals surface area contributed by atoms with Crippen molar-refractivity contribution in [3.63, 3.8) is 0 Å². The molecule has 0 aliphatic heterocycles. The number of hydrogen-bond donors (Lipinski definition) is 2. The first-order valence-electron chi connectivity index (χ1n) is 4.74. The number of amides is 2. The Morgan fingerprint density at radius 3 is 2.56 bits per heavy atom. The van der Waals surface area contributed by atoms with Gasteiger partial charge in [0.1, 0.15) is 5.51 Å². The molecular weight excluding hydrogens is 258 g/mol. The highest BCUT2D eigenvalue weighted by Gasteiger charge is 2.07. The van der Waals surface area contributed by atoms with Crippen molar-refractivity contribution in [3.05, 3.63) is 39.9 Å². The fourth-order valence-electron chi connectivity index (χ4n) is 1.15. The molecule has 0 bridgehead atoms. The fourth-order valence-corrected chi connectivity index (χ4v) is 1.59. The number of anilines is 2. The fraction of sp³-hybridized carbons (Fsp3) is 0. The molecule has 0 radical (unpaired) electrons. The van der Waals surface area contributed by atoms with Crippen molar-refractivity contribution in [2.24, 2.45) is 0 Å². The number of carbonyl (C=O) groups excluding carboxylic acids is 1. The summed E-state index contributed by atoms with van der Waals surface area (Å²) in [7, 11) is 0. The SMILES string of the molecule is O=C(Nc1ccc([N+](=O)[O-])cc1)Nc1nncs1. The molecule has 1 heterocycles. The number of aromatic nitrogens is 2. The molecule has 0 unspecified atom stereocenters. The van der Waals surface area contributed by atoms with Gasteiger partial charge in [-0.15, -0.1) is 10.2 Å². The third-order valence-corrected chi connectivity index (χ3v) is 2.52. The van der Waals surface area contributed by atoms with Gasteiger partial charge in [-0.2, -0.15) is 0 Å². The van der Waals surface area contributed by atoms with E-state index in [1.165, 1.54) is 41.1 Å². The quantitative estimate of drug-likeness (QED) is 0.652. The lowest BCUT2D eigenvalue weighted by molar-refractivity contribution is -0.384. The van der Waals surface area contributed by atoms with E-state index in [1.807, 2.05) is 0 Å². The number of hydrogen-bond acceptors (Lipinski definition) is 6. The largest absolute Gasteiger partial charge is 0.325 e. The summed E-state index contributed by atoms with van der Waals surface area (Å²) in [6.07, 6.45) is 0. The van der Waals surface area contributed by atoms with Crippen molar-refractivity contribution in [1.82, 2.24) is 10.2 Å². The van der Waals surface area contributed by atoms with Gasteiger partial charge in [-0.05, 0) is 12.1 Å². The van der Waals surface area contributed by atoms with Gasteiger partial charge in [0.25, 0.3) is 5.69 Å². The zero-order valence-electron chi connectivity index (χ0n) is 8.86. The Morgan fingerprint density at radius 1 is 1.28 bits per heavy atom. The second-order valence-corrected chi connectivity index (χ2v) is 3.96. The molecule has 0 fully saturated rings. The summed E-state index contributed by atoms with van der Waals surface area (Å²) in [4.78, 5) is 21.4. The average molecular weight is 265 g/mol. The maximum Gasteiger partial charge on any atom is 0.325 e. The average Bonchev–Trinajstić information content (AvgIpc) is 2.82. The molecule has 0 saturated carbocycles. The van der Waals surface area contributed by atoms with Crippen molar-refractivity contribution in [2.45, 2.75) is 0 Å². The second-order valence-electron chi connectivity index (χ2n) is 3.13. The molecule has 0 aliphatic rings. The molecule has 2 N–H and O–H groups in total. The number of carbonyl (C=O) groups is 1. The highest BCUT2D eigenvalue weighted by atomic mass is 32.1. The van der Waals surface area contributed by atoms with Gasteiger partial charge < -0.3 is 5.32 Å². The third kappa shape index (κ3) is 2.98. The Hall–Kier alpha value is -2.55. The molecule has 0 saturated heterocycles. The summed E-state index contributed by atoms with van der Waals surface area (Å²) in [6, 6.07) is 5.01. The number of urea groups is 1. The lowest BCUT2D eigenvalue weighted by Gasteiger charge is -2.04. The van der Waals surface area contributed by atoms with Crippen LogP contribution in [0.25, 0.3) is 0 Å². The number of nitrogens with zero attached hydrogens (tertiary/aromatic N) is 3. The molecule has 92 valence electrons. The molecule has 2 rings (SSSR count). The number of benzene rings is 1. The number of nitro benzene ring substituents is 1. The van der Waals surface area contributed by atoms with Crippen LogP contribution in [0.2, 0.25) is 0 Å². The molecule has 2 amide bonds. The van der Waals surface area contributed by atoms with Crippen LogP contribution in [0.5, 0.6) is 0 Å². The van der Waals surface area contributed by atoms with E-state index in [2.05, 4.69) is 20.8 Å². The van der Waals surface area contributed by atoms with Crippen LogP contribution in [-0.2, 0) is 0 Å². The summed E-state index contributed by atoms with van der Waals surface area (Å²) in [6.45, 7) is 0. The molecule has 0 aliphatic carbocycles. The van der Waals surface area contributed by atoms with Gasteiger partial charge in [0.05, 0.1) is 4.92 Å². The monoisotopic (exact) mass is 265 g/mol. The van der Waals surface area contributed by atoms with E-state index in [9.17, 15) is 14.9 Å². The molecule has 8 nitrogen and oxygen atoms in total. The zero-order chi connectivity index (χ0) is 13.0. The molecule has 9 heteroatoms. The molecular formula is C9H7N5O3S. The highest BCUT2D eigenvalue weighted by Crippen LogP contribution is 2.16. The molecule has 0 spiro atoms. The summed E-state index contributed by atoms with van der Waals surface area (Å²) in [5.41, 5.74) is 1.90. The van der Waals surface area contributed by atoms with Gasteiger partial charge in [0.2, 0.25) is 5.13 Å². The van der Waals surface area contributed by atoms with Crippen LogP contribution >= 0.6 is 11.3 Å². The Balaban J connectivity index is 1.97. The van der Waals surface area contributed by atoms with Gasteiger partial charge in [0, 0.05) is 17.8 Å². The predicted molar refractivity (Wildman–Crippen MR) is 65.6 cm³/mol. The summed E-state index contributed by atoms with van der Waals surface area (Å²) >= 11 is 1.18. The summed E-state index contributed by atoms with van der Waals surface area (Å²) in [5.74, 6) is 0. The van der Waals surface area contributed by atoms with Crippen LogP contribution in [0.4, 0.5) is 21.3 Å². The molecule has 18 heavy (non-hydrogen) atoms. The van der Waals surface area contributed by atoms with Crippen LogP contribution in [0.15, 0.2) is 29.8 Å².